The minimum absolute atomic E-state index is 0.423. The molecule has 1 rings (SSSR count). The summed E-state index contributed by atoms with van der Waals surface area (Å²) in [6.07, 6.45) is 8.41. The van der Waals surface area contributed by atoms with Gasteiger partial charge in [0.15, 0.2) is 0 Å². The Balaban J connectivity index is 2.30. The van der Waals surface area contributed by atoms with Crippen molar-refractivity contribution in [2.24, 2.45) is 11.8 Å². The summed E-state index contributed by atoms with van der Waals surface area (Å²) < 4.78 is 6.33. The van der Waals surface area contributed by atoms with Crippen LogP contribution in [0.1, 0.15) is 66.2 Å². The van der Waals surface area contributed by atoms with Gasteiger partial charge in [-0.3, -0.25) is 0 Å². The van der Waals surface area contributed by atoms with E-state index in [1.165, 1.54) is 38.5 Å². The Morgan fingerprint density at radius 1 is 1.11 bits per heavy atom. The van der Waals surface area contributed by atoms with Crippen LogP contribution in [-0.4, -0.2) is 25.3 Å². The molecule has 1 fully saturated rings. The van der Waals surface area contributed by atoms with E-state index in [2.05, 4.69) is 33.0 Å². The summed E-state index contributed by atoms with van der Waals surface area (Å²) in [6.45, 7) is 11.4. The van der Waals surface area contributed by atoms with E-state index < -0.39 is 0 Å². The van der Waals surface area contributed by atoms with Gasteiger partial charge in [0, 0.05) is 6.54 Å². The van der Waals surface area contributed by atoms with Crippen molar-refractivity contribution >= 4 is 0 Å². The largest absolute Gasteiger partial charge is 0.374 e. The SMILES string of the molecule is CCCNCC(CCC)OC1CCC(C)C(C)C1. The molecule has 0 aromatic heterocycles. The van der Waals surface area contributed by atoms with Gasteiger partial charge >= 0.3 is 0 Å². The summed E-state index contributed by atoms with van der Waals surface area (Å²) in [6, 6.07) is 0. The van der Waals surface area contributed by atoms with E-state index in [0.717, 1.165) is 24.9 Å². The summed E-state index contributed by atoms with van der Waals surface area (Å²) in [4.78, 5) is 0. The molecule has 1 N–H and O–H groups in total. The van der Waals surface area contributed by atoms with Gasteiger partial charge < -0.3 is 10.1 Å². The van der Waals surface area contributed by atoms with Crippen molar-refractivity contribution in [3.05, 3.63) is 0 Å². The van der Waals surface area contributed by atoms with Crippen LogP contribution in [0.2, 0.25) is 0 Å². The van der Waals surface area contributed by atoms with Crippen molar-refractivity contribution in [1.82, 2.24) is 5.32 Å². The van der Waals surface area contributed by atoms with Gasteiger partial charge in [-0.25, -0.2) is 0 Å². The minimum atomic E-state index is 0.423. The zero-order valence-electron chi connectivity index (χ0n) is 12.9. The Labute approximate surface area is 114 Å². The van der Waals surface area contributed by atoms with Crippen LogP contribution in [0.5, 0.6) is 0 Å². The fraction of sp³-hybridized carbons (Fsp3) is 1.00. The third-order valence-corrected chi connectivity index (χ3v) is 4.34. The van der Waals surface area contributed by atoms with Gasteiger partial charge in [0.25, 0.3) is 0 Å². The maximum absolute atomic E-state index is 6.33. The lowest BCUT2D eigenvalue weighted by molar-refractivity contribution is -0.0493. The fourth-order valence-electron chi connectivity index (χ4n) is 2.87. The molecule has 1 aliphatic rings. The normalized spacial score (nSPS) is 30.3. The Morgan fingerprint density at radius 3 is 2.50 bits per heavy atom. The molecular formula is C16H33NO. The molecule has 0 amide bonds. The van der Waals surface area contributed by atoms with Crippen LogP contribution in [0.15, 0.2) is 0 Å². The molecule has 108 valence electrons. The van der Waals surface area contributed by atoms with E-state index in [1.807, 2.05) is 0 Å². The smallest absolute Gasteiger partial charge is 0.0703 e. The maximum Gasteiger partial charge on any atom is 0.0703 e. The monoisotopic (exact) mass is 255 g/mol. The third-order valence-electron chi connectivity index (χ3n) is 4.34. The van der Waals surface area contributed by atoms with Crippen LogP contribution in [0.4, 0.5) is 0 Å². The summed E-state index contributed by atoms with van der Waals surface area (Å²) in [7, 11) is 0. The number of hydrogen-bond acceptors (Lipinski definition) is 2. The predicted molar refractivity (Wildman–Crippen MR) is 78.9 cm³/mol. The predicted octanol–water partition coefficient (Wildman–Crippen LogP) is 4.00. The van der Waals surface area contributed by atoms with Crippen LogP contribution >= 0.6 is 0 Å². The standard InChI is InChI=1S/C16H33NO/c1-5-7-16(12-17-10-6-2)18-15-9-8-13(3)14(4)11-15/h13-17H,5-12H2,1-4H3. The molecule has 0 aliphatic heterocycles. The molecule has 4 atom stereocenters. The summed E-state index contributed by atoms with van der Waals surface area (Å²) in [5.41, 5.74) is 0. The Kier molecular flexibility index (Phi) is 7.92. The molecule has 1 aliphatic carbocycles. The first-order valence-corrected chi connectivity index (χ1v) is 8.03. The number of nitrogens with one attached hydrogen (secondary N) is 1. The van der Waals surface area contributed by atoms with Gasteiger partial charge in [0.05, 0.1) is 12.2 Å². The van der Waals surface area contributed by atoms with Crippen LogP contribution in [0.25, 0.3) is 0 Å². The van der Waals surface area contributed by atoms with Gasteiger partial charge in [-0.05, 0) is 50.5 Å². The molecule has 0 bridgehead atoms. The van der Waals surface area contributed by atoms with Gasteiger partial charge in [-0.1, -0.05) is 34.1 Å². The van der Waals surface area contributed by atoms with Crippen LogP contribution < -0.4 is 5.32 Å². The summed E-state index contributed by atoms with van der Waals surface area (Å²) in [5.74, 6) is 1.71. The van der Waals surface area contributed by atoms with E-state index in [4.69, 9.17) is 4.74 Å². The average molecular weight is 255 g/mol. The third kappa shape index (κ3) is 5.71. The first kappa shape index (κ1) is 16.0. The second kappa shape index (κ2) is 8.92. The second-order valence-electron chi connectivity index (χ2n) is 6.14. The van der Waals surface area contributed by atoms with Crippen LogP contribution in [-0.2, 0) is 4.74 Å². The van der Waals surface area contributed by atoms with Crippen molar-refractivity contribution in [3.8, 4) is 0 Å². The summed E-state index contributed by atoms with van der Waals surface area (Å²) in [5, 5.41) is 3.50. The molecule has 0 saturated heterocycles. The van der Waals surface area contributed by atoms with E-state index >= 15 is 0 Å². The van der Waals surface area contributed by atoms with E-state index in [-0.39, 0.29) is 0 Å². The van der Waals surface area contributed by atoms with Gasteiger partial charge in [0.1, 0.15) is 0 Å². The Bertz CT molecular complexity index is 207. The number of hydrogen-bond donors (Lipinski definition) is 1. The van der Waals surface area contributed by atoms with E-state index in [0.29, 0.717) is 12.2 Å². The highest BCUT2D eigenvalue weighted by Gasteiger charge is 2.26. The van der Waals surface area contributed by atoms with Crippen molar-refractivity contribution in [1.29, 1.82) is 0 Å². The van der Waals surface area contributed by atoms with Crippen LogP contribution in [0.3, 0.4) is 0 Å². The highest BCUT2D eigenvalue weighted by Crippen LogP contribution is 2.31. The lowest BCUT2D eigenvalue weighted by atomic mass is 9.80. The first-order valence-electron chi connectivity index (χ1n) is 8.03. The highest BCUT2D eigenvalue weighted by atomic mass is 16.5. The molecular weight excluding hydrogens is 222 g/mol. The maximum atomic E-state index is 6.33. The van der Waals surface area contributed by atoms with E-state index in [1.54, 1.807) is 0 Å². The molecule has 1 saturated carbocycles. The average Bonchev–Trinajstić information content (AvgIpc) is 2.34. The molecule has 0 radical (unpaired) electrons. The molecule has 0 heterocycles. The lowest BCUT2D eigenvalue weighted by Crippen LogP contribution is -2.35. The van der Waals surface area contributed by atoms with Crippen molar-refractivity contribution in [3.63, 3.8) is 0 Å². The molecule has 2 heteroatoms. The van der Waals surface area contributed by atoms with Gasteiger partial charge in [-0.15, -0.1) is 0 Å². The zero-order valence-corrected chi connectivity index (χ0v) is 12.9. The molecule has 0 spiro atoms. The lowest BCUT2D eigenvalue weighted by Gasteiger charge is -2.34. The molecule has 18 heavy (non-hydrogen) atoms. The van der Waals surface area contributed by atoms with E-state index in [9.17, 15) is 0 Å². The van der Waals surface area contributed by atoms with Gasteiger partial charge in [0.2, 0.25) is 0 Å². The van der Waals surface area contributed by atoms with Crippen molar-refractivity contribution in [2.45, 2.75) is 78.4 Å². The topological polar surface area (TPSA) is 21.3 Å². The molecule has 0 aromatic carbocycles. The van der Waals surface area contributed by atoms with Crippen molar-refractivity contribution in [2.75, 3.05) is 13.1 Å². The summed E-state index contributed by atoms with van der Waals surface area (Å²) >= 11 is 0. The Hall–Kier alpha value is -0.0800. The fourth-order valence-corrected chi connectivity index (χ4v) is 2.87. The Morgan fingerprint density at radius 2 is 1.89 bits per heavy atom. The minimum Gasteiger partial charge on any atom is -0.374 e. The van der Waals surface area contributed by atoms with Crippen LogP contribution in [0, 0.1) is 11.8 Å². The van der Waals surface area contributed by atoms with Gasteiger partial charge in [-0.2, -0.15) is 0 Å². The van der Waals surface area contributed by atoms with Crippen molar-refractivity contribution < 1.29 is 4.74 Å². The number of rotatable bonds is 8. The highest BCUT2D eigenvalue weighted by molar-refractivity contribution is 4.77. The quantitative estimate of drug-likeness (QED) is 0.662. The molecule has 4 unspecified atom stereocenters. The second-order valence-corrected chi connectivity index (χ2v) is 6.14. The number of ether oxygens (including phenoxy) is 1. The zero-order chi connectivity index (χ0) is 13.4. The molecule has 0 aromatic rings. The first-order chi connectivity index (χ1) is 8.67. The molecule has 2 nitrogen and oxygen atoms in total.